The summed E-state index contributed by atoms with van der Waals surface area (Å²) in [7, 11) is 1.63. The Hall–Kier alpha value is -3.32. The molecule has 0 radical (unpaired) electrons. The lowest BCUT2D eigenvalue weighted by molar-refractivity contribution is -0.114. The molecular weight excluding hydrogens is 378 g/mol. The number of halogens is 1. The van der Waals surface area contributed by atoms with Crippen LogP contribution in [0.1, 0.15) is 24.1 Å². The number of hydrogen-bond donors (Lipinski definition) is 2. The van der Waals surface area contributed by atoms with Gasteiger partial charge in [-0.1, -0.05) is 35.9 Å². The number of nitrogens with zero attached hydrogens (tertiary/aromatic N) is 3. The van der Waals surface area contributed by atoms with Crippen molar-refractivity contribution >= 4 is 35.1 Å². The van der Waals surface area contributed by atoms with Crippen LogP contribution >= 0.6 is 11.6 Å². The standard InChI is InChI=1S/C20H18ClN5O2/c1-12(27)22-19-24-20-23-17(13-3-7-15(21)8-4-13)11-18(26(20)25-19)14-5-9-16(28-2)10-6-14/h3-11,18H,1-2H3,(H2,22,23,24,25,27)/t18-/m1/s1. The molecule has 0 bridgehead atoms. The van der Waals surface area contributed by atoms with Crippen LogP contribution in [-0.2, 0) is 4.79 Å². The zero-order valence-electron chi connectivity index (χ0n) is 15.3. The number of anilines is 2. The molecular formula is C20H18ClN5O2. The molecule has 0 saturated carbocycles. The molecule has 7 nitrogen and oxygen atoms in total. The number of hydrogen-bond acceptors (Lipinski definition) is 5. The van der Waals surface area contributed by atoms with E-state index in [1.807, 2.05) is 48.5 Å². The molecule has 3 aromatic rings. The third-order valence-corrected chi connectivity index (χ3v) is 4.62. The van der Waals surface area contributed by atoms with Gasteiger partial charge in [0.05, 0.1) is 7.11 Å². The Morgan fingerprint density at radius 1 is 1.18 bits per heavy atom. The van der Waals surface area contributed by atoms with Gasteiger partial charge in [-0.2, -0.15) is 4.98 Å². The van der Waals surface area contributed by atoms with Crippen LogP contribution in [0.4, 0.5) is 11.9 Å². The van der Waals surface area contributed by atoms with Crippen LogP contribution in [-0.4, -0.2) is 27.8 Å². The summed E-state index contributed by atoms with van der Waals surface area (Å²) in [5.74, 6) is 1.34. The largest absolute Gasteiger partial charge is 0.497 e. The van der Waals surface area contributed by atoms with Gasteiger partial charge < -0.3 is 10.1 Å². The van der Waals surface area contributed by atoms with Gasteiger partial charge in [-0.15, -0.1) is 5.10 Å². The molecule has 1 atom stereocenters. The van der Waals surface area contributed by atoms with E-state index in [-0.39, 0.29) is 17.9 Å². The number of allylic oxidation sites excluding steroid dienone is 1. The first kappa shape index (κ1) is 18.1. The molecule has 0 saturated heterocycles. The number of carbonyl (C=O) groups excluding carboxylic acids is 1. The van der Waals surface area contributed by atoms with Gasteiger partial charge >= 0.3 is 0 Å². The predicted octanol–water partition coefficient (Wildman–Crippen LogP) is 3.95. The van der Waals surface area contributed by atoms with Gasteiger partial charge in [0.1, 0.15) is 11.8 Å². The number of fused-ring (bicyclic) bond motifs is 1. The third-order valence-electron chi connectivity index (χ3n) is 4.37. The first-order valence-corrected chi connectivity index (χ1v) is 9.04. The maximum absolute atomic E-state index is 11.4. The second-order valence-electron chi connectivity index (χ2n) is 6.32. The van der Waals surface area contributed by atoms with E-state index in [1.54, 1.807) is 11.8 Å². The van der Waals surface area contributed by atoms with Crippen molar-refractivity contribution in [1.29, 1.82) is 0 Å². The van der Waals surface area contributed by atoms with Crippen molar-refractivity contribution in [2.24, 2.45) is 0 Å². The predicted molar refractivity (Wildman–Crippen MR) is 109 cm³/mol. The van der Waals surface area contributed by atoms with Crippen molar-refractivity contribution in [2.45, 2.75) is 13.0 Å². The number of aromatic nitrogens is 3. The van der Waals surface area contributed by atoms with E-state index < -0.39 is 0 Å². The average molecular weight is 396 g/mol. The SMILES string of the molecule is COc1ccc([C@H]2C=C(c3ccc(Cl)cc3)Nc3nc(NC(C)=O)nn32)cc1. The fourth-order valence-electron chi connectivity index (χ4n) is 3.04. The zero-order chi connectivity index (χ0) is 19.7. The van der Waals surface area contributed by atoms with Gasteiger partial charge in [-0.25, -0.2) is 4.68 Å². The highest BCUT2D eigenvalue weighted by Gasteiger charge is 2.25. The molecule has 28 heavy (non-hydrogen) atoms. The summed E-state index contributed by atoms with van der Waals surface area (Å²) in [4.78, 5) is 15.8. The number of benzene rings is 2. The van der Waals surface area contributed by atoms with E-state index in [1.165, 1.54) is 6.92 Å². The Balaban J connectivity index is 1.78. The number of amides is 1. The van der Waals surface area contributed by atoms with Gasteiger partial charge in [0.25, 0.3) is 5.95 Å². The zero-order valence-corrected chi connectivity index (χ0v) is 16.1. The number of ether oxygens (including phenoxy) is 1. The lowest BCUT2D eigenvalue weighted by Crippen LogP contribution is -2.20. The fourth-order valence-corrected chi connectivity index (χ4v) is 3.17. The minimum Gasteiger partial charge on any atom is -0.497 e. The van der Waals surface area contributed by atoms with Gasteiger partial charge in [0.2, 0.25) is 11.9 Å². The van der Waals surface area contributed by atoms with E-state index in [9.17, 15) is 4.79 Å². The Bertz CT molecular complexity index is 1040. The minimum atomic E-state index is -0.227. The summed E-state index contributed by atoms with van der Waals surface area (Å²) in [5.41, 5.74) is 2.86. The Morgan fingerprint density at radius 3 is 2.54 bits per heavy atom. The maximum atomic E-state index is 11.4. The molecule has 1 aromatic heterocycles. The van der Waals surface area contributed by atoms with Crippen LogP contribution in [0, 0.1) is 0 Å². The number of rotatable bonds is 4. The monoisotopic (exact) mass is 395 g/mol. The number of carbonyl (C=O) groups is 1. The molecule has 8 heteroatoms. The lowest BCUT2D eigenvalue weighted by atomic mass is 10.0. The van der Waals surface area contributed by atoms with Crippen molar-refractivity contribution in [1.82, 2.24) is 14.8 Å². The molecule has 4 rings (SSSR count). The summed E-state index contributed by atoms with van der Waals surface area (Å²) in [6, 6.07) is 15.1. The smallest absolute Gasteiger partial charge is 0.250 e. The summed E-state index contributed by atoms with van der Waals surface area (Å²) in [5, 5.41) is 11.0. The quantitative estimate of drug-likeness (QED) is 0.699. The van der Waals surface area contributed by atoms with Crippen LogP contribution in [0.3, 0.4) is 0 Å². The molecule has 2 N–H and O–H groups in total. The van der Waals surface area contributed by atoms with Gasteiger partial charge in [0.15, 0.2) is 0 Å². The normalized spacial score (nSPS) is 15.2. The third kappa shape index (κ3) is 3.57. The molecule has 2 aromatic carbocycles. The van der Waals surface area contributed by atoms with E-state index in [4.69, 9.17) is 16.3 Å². The van der Waals surface area contributed by atoms with Crippen LogP contribution < -0.4 is 15.4 Å². The van der Waals surface area contributed by atoms with E-state index in [0.717, 1.165) is 22.6 Å². The molecule has 0 spiro atoms. The Labute approximate surface area is 167 Å². The minimum absolute atomic E-state index is 0.206. The topological polar surface area (TPSA) is 81.1 Å². The van der Waals surface area contributed by atoms with Crippen molar-refractivity contribution in [2.75, 3.05) is 17.7 Å². The molecule has 0 fully saturated rings. The first-order valence-electron chi connectivity index (χ1n) is 8.66. The van der Waals surface area contributed by atoms with Crippen molar-refractivity contribution in [3.8, 4) is 5.75 Å². The second kappa shape index (κ2) is 7.36. The Morgan fingerprint density at radius 2 is 1.89 bits per heavy atom. The summed E-state index contributed by atoms with van der Waals surface area (Å²) in [6.07, 6.45) is 2.06. The van der Waals surface area contributed by atoms with Crippen LogP contribution in [0.25, 0.3) is 5.70 Å². The van der Waals surface area contributed by atoms with E-state index >= 15 is 0 Å². The van der Waals surface area contributed by atoms with Crippen molar-refractivity contribution in [3.05, 3.63) is 70.8 Å². The molecule has 0 unspecified atom stereocenters. The second-order valence-corrected chi connectivity index (χ2v) is 6.75. The molecule has 1 amide bonds. The van der Waals surface area contributed by atoms with Gasteiger partial charge in [-0.3, -0.25) is 10.1 Å². The Kier molecular flexibility index (Phi) is 4.75. The highest BCUT2D eigenvalue weighted by atomic mass is 35.5. The molecule has 0 aliphatic carbocycles. The highest BCUT2D eigenvalue weighted by Crippen LogP contribution is 2.34. The molecule has 2 heterocycles. The number of methoxy groups -OCH3 is 1. The van der Waals surface area contributed by atoms with Crippen molar-refractivity contribution < 1.29 is 9.53 Å². The summed E-state index contributed by atoms with van der Waals surface area (Å²) >= 11 is 6.02. The van der Waals surface area contributed by atoms with Crippen LogP contribution in [0.15, 0.2) is 54.6 Å². The van der Waals surface area contributed by atoms with Crippen molar-refractivity contribution in [3.63, 3.8) is 0 Å². The number of nitrogens with one attached hydrogen (secondary N) is 2. The lowest BCUT2D eigenvalue weighted by Gasteiger charge is -2.24. The molecule has 142 valence electrons. The summed E-state index contributed by atoms with van der Waals surface area (Å²) in [6.45, 7) is 1.42. The average Bonchev–Trinajstić information content (AvgIpc) is 3.09. The van der Waals surface area contributed by atoms with E-state index in [0.29, 0.717) is 11.0 Å². The first-order chi connectivity index (χ1) is 13.5. The maximum Gasteiger partial charge on any atom is 0.250 e. The van der Waals surface area contributed by atoms with E-state index in [2.05, 4.69) is 26.8 Å². The molecule has 1 aliphatic heterocycles. The van der Waals surface area contributed by atoms with Crippen LogP contribution in [0.2, 0.25) is 5.02 Å². The fraction of sp³-hybridized carbons (Fsp3) is 0.150. The highest BCUT2D eigenvalue weighted by molar-refractivity contribution is 6.30. The molecule has 1 aliphatic rings. The summed E-state index contributed by atoms with van der Waals surface area (Å²) < 4.78 is 7.00. The van der Waals surface area contributed by atoms with Crippen LogP contribution in [0.5, 0.6) is 5.75 Å². The van der Waals surface area contributed by atoms with Gasteiger partial charge in [0, 0.05) is 17.6 Å². The van der Waals surface area contributed by atoms with Gasteiger partial charge in [-0.05, 0) is 41.5 Å².